The van der Waals surface area contributed by atoms with E-state index in [-0.39, 0.29) is 0 Å². The number of ketones is 1. The van der Waals surface area contributed by atoms with Crippen LogP contribution in [0.2, 0.25) is 0 Å². The number of nitrogens with zero attached hydrogens (tertiary/aromatic N) is 4. The van der Waals surface area contributed by atoms with Gasteiger partial charge in [0.05, 0.1) is 0 Å². The lowest BCUT2D eigenvalue weighted by molar-refractivity contribution is -0.112. The molecule has 1 amide bonds. The lowest BCUT2D eigenvalue weighted by Crippen LogP contribution is -2.31. The van der Waals surface area contributed by atoms with Gasteiger partial charge in [0.1, 0.15) is 11.5 Å². The smallest absolute Gasteiger partial charge is 0.298 e. The van der Waals surface area contributed by atoms with Gasteiger partial charge in [0.15, 0.2) is 0 Å². The number of benzene rings is 2. The van der Waals surface area contributed by atoms with Crippen LogP contribution >= 0.6 is 0 Å². The van der Waals surface area contributed by atoms with Crippen LogP contribution in [0.3, 0.4) is 0 Å². The number of anilines is 3. The second-order valence-electron chi connectivity index (χ2n) is 10.1. The molecule has 40 heavy (non-hydrogen) atoms. The molecule has 0 bridgehead atoms. The normalized spacial score (nSPS) is 13.7. The van der Waals surface area contributed by atoms with Crippen molar-refractivity contribution in [1.29, 1.82) is 0 Å². The van der Waals surface area contributed by atoms with Crippen molar-refractivity contribution in [2.75, 3.05) is 41.3 Å². The number of rotatable bonds is 6. The zero-order valence-corrected chi connectivity index (χ0v) is 22.5. The summed E-state index contributed by atoms with van der Waals surface area (Å²) in [7, 11) is 0. The lowest BCUT2D eigenvalue weighted by atomic mass is 10.0. The van der Waals surface area contributed by atoms with Crippen LogP contribution in [0, 0.1) is 6.92 Å². The maximum absolute atomic E-state index is 13.5. The highest BCUT2D eigenvalue weighted by molar-refractivity contribution is 6.47. The predicted octanol–water partition coefficient (Wildman–Crippen LogP) is 5.85. The molecular weight excluding hydrogens is 498 g/mol. The molecule has 6 rings (SSSR count). The molecule has 1 aliphatic rings. The molecule has 0 saturated carbocycles. The van der Waals surface area contributed by atoms with Crippen molar-refractivity contribution in [3.63, 3.8) is 0 Å². The number of aromatic nitrogens is 2. The first-order chi connectivity index (χ1) is 19.6. The van der Waals surface area contributed by atoms with Crippen LogP contribution in [0.25, 0.3) is 16.6 Å². The van der Waals surface area contributed by atoms with Gasteiger partial charge >= 0.3 is 0 Å². The predicted molar refractivity (Wildman–Crippen MR) is 160 cm³/mol. The van der Waals surface area contributed by atoms with Crippen LogP contribution in [-0.2, 0) is 4.79 Å². The molecule has 1 saturated heterocycles. The van der Waals surface area contributed by atoms with Gasteiger partial charge in [0, 0.05) is 61.0 Å². The molecule has 200 valence electrons. The van der Waals surface area contributed by atoms with Crippen LogP contribution in [0.1, 0.15) is 22.5 Å². The minimum absolute atomic E-state index is 0.355. The molecule has 7 nitrogen and oxygen atoms in total. The summed E-state index contributed by atoms with van der Waals surface area (Å²) < 4.78 is 1.78. The Morgan fingerprint density at radius 1 is 0.800 bits per heavy atom. The minimum Gasteiger partial charge on any atom is -0.370 e. The molecular formula is C33H31N5O2. The maximum Gasteiger partial charge on any atom is 0.298 e. The minimum atomic E-state index is -0.662. The standard InChI is InChI=1S/C33H31N5O2/c1-24-15-16-34-30(22-24)37-18-7-17-36(20-21-37)27-13-11-26(12-14-27)35-33(40)32(39)31-29(25-8-3-2-4-9-25)23-28-10-5-6-19-38(28)31/h2-6,8-16,19,22-23H,7,17-18,20-21H2,1H3,(H,35,40). The van der Waals surface area contributed by atoms with Crippen molar-refractivity contribution in [3.8, 4) is 11.1 Å². The van der Waals surface area contributed by atoms with E-state index in [2.05, 4.69) is 33.1 Å². The summed E-state index contributed by atoms with van der Waals surface area (Å²) in [6.07, 6.45) is 4.71. The number of Topliss-reactive ketones (excluding diaryl/α,β-unsaturated/α-hetero) is 1. The van der Waals surface area contributed by atoms with Crippen LogP contribution in [-0.4, -0.2) is 47.3 Å². The zero-order valence-electron chi connectivity index (χ0n) is 22.5. The Balaban J connectivity index is 1.16. The summed E-state index contributed by atoms with van der Waals surface area (Å²) in [6, 6.07) is 29.2. The fourth-order valence-corrected chi connectivity index (χ4v) is 5.34. The van der Waals surface area contributed by atoms with Gasteiger partial charge in [-0.3, -0.25) is 9.59 Å². The second-order valence-corrected chi connectivity index (χ2v) is 10.1. The van der Waals surface area contributed by atoms with Crippen molar-refractivity contribution >= 4 is 34.4 Å². The average Bonchev–Trinajstić information content (AvgIpc) is 3.20. The molecule has 0 spiro atoms. The van der Waals surface area contributed by atoms with Gasteiger partial charge in [-0.25, -0.2) is 4.98 Å². The Hall–Kier alpha value is -4.91. The third-order valence-corrected chi connectivity index (χ3v) is 7.40. The van der Waals surface area contributed by atoms with E-state index < -0.39 is 11.7 Å². The maximum atomic E-state index is 13.5. The number of hydrogen-bond donors (Lipinski definition) is 1. The van der Waals surface area contributed by atoms with E-state index in [9.17, 15) is 9.59 Å². The Bertz CT molecular complexity index is 1660. The number of aryl methyl sites for hydroxylation is 1. The quantitative estimate of drug-likeness (QED) is 0.221. The highest BCUT2D eigenvalue weighted by atomic mass is 16.2. The highest BCUT2D eigenvalue weighted by Crippen LogP contribution is 2.29. The Labute approximate surface area is 233 Å². The summed E-state index contributed by atoms with van der Waals surface area (Å²) >= 11 is 0. The number of hydrogen-bond acceptors (Lipinski definition) is 5. The van der Waals surface area contributed by atoms with Crippen molar-refractivity contribution in [2.45, 2.75) is 13.3 Å². The number of amides is 1. The van der Waals surface area contributed by atoms with Gasteiger partial charge < -0.3 is 19.5 Å². The van der Waals surface area contributed by atoms with Crippen molar-refractivity contribution in [3.05, 3.63) is 115 Å². The molecule has 1 aliphatic heterocycles. The largest absolute Gasteiger partial charge is 0.370 e. The first-order valence-corrected chi connectivity index (χ1v) is 13.6. The molecule has 0 unspecified atom stereocenters. The molecule has 4 heterocycles. The van der Waals surface area contributed by atoms with Gasteiger partial charge in [-0.2, -0.15) is 0 Å². The van der Waals surface area contributed by atoms with Crippen LogP contribution in [0.5, 0.6) is 0 Å². The van der Waals surface area contributed by atoms with E-state index in [1.54, 1.807) is 4.40 Å². The first kappa shape index (κ1) is 25.4. The van der Waals surface area contributed by atoms with Gasteiger partial charge in [0.2, 0.25) is 0 Å². The number of nitrogens with one attached hydrogen (secondary N) is 1. The summed E-state index contributed by atoms with van der Waals surface area (Å²) in [5, 5.41) is 2.81. The van der Waals surface area contributed by atoms with Gasteiger partial charge in [-0.15, -0.1) is 0 Å². The third kappa shape index (κ3) is 5.18. The molecule has 0 atom stereocenters. The number of carbonyl (C=O) groups excluding carboxylic acids is 2. The summed E-state index contributed by atoms with van der Waals surface area (Å²) in [4.78, 5) is 35.9. The van der Waals surface area contributed by atoms with E-state index in [0.717, 1.165) is 60.7 Å². The average molecular weight is 530 g/mol. The lowest BCUT2D eigenvalue weighted by Gasteiger charge is -2.24. The van der Waals surface area contributed by atoms with Crippen molar-refractivity contribution < 1.29 is 9.59 Å². The Morgan fingerprint density at radius 3 is 2.35 bits per heavy atom. The van der Waals surface area contributed by atoms with E-state index >= 15 is 0 Å². The van der Waals surface area contributed by atoms with Gasteiger partial charge in [-0.05, 0) is 79.1 Å². The summed E-state index contributed by atoms with van der Waals surface area (Å²) in [5.41, 5.74) is 5.73. The van der Waals surface area contributed by atoms with E-state index in [1.807, 2.05) is 97.3 Å². The molecule has 3 aromatic heterocycles. The third-order valence-electron chi connectivity index (χ3n) is 7.40. The number of fused-ring (bicyclic) bond motifs is 1. The Morgan fingerprint density at radius 2 is 1.55 bits per heavy atom. The van der Waals surface area contributed by atoms with Crippen LogP contribution < -0.4 is 15.1 Å². The van der Waals surface area contributed by atoms with Gasteiger partial charge in [-0.1, -0.05) is 36.4 Å². The van der Waals surface area contributed by atoms with Crippen LogP contribution in [0.4, 0.5) is 17.2 Å². The fourth-order valence-electron chi connectivity index (χ4n) is 5.34. The van der Waals surface area contributed by atoms with Crippen molar-refractivity contribution in [2.24, 2.45) is 0 Å². The molecule has 5 aromatic rings. The van der Waals surface area contributed by atoms with Crippen LogP contribution in [0.15, 0.2) is 103 Å². The molecule has 2 aromatic carbocycles. The number of pyridine rings is 2. The second kappa shape index (κ2) is 11.1. The van der Waals surface area contributed by atoms with E-state index in [4.69, 9.17) is 0 Å². The molecule has 1 N–H and O–H groups in total. The SMILES string of the molecule is Cc1ccnc(N2CCCN(c3ccc(NC(=O)C(=O)c4c(-c5ccccc5)cc5ccccn45)cc3)CC2)c1. The fraction of sp³-hybridized carbons (Fsp3) is 0.182. The van der Waals surface area contributed by atoms with E-state index in [0.29, 0.717) is 11.4 Å². The Kier molecular flexibility index (Phi) is 7.02. The first-order valence-electron chi connectivity index (χ1n) is 13.6. The van der Waals surface area contributed by atoms with E-state index in [1.165, 1.54) is 5.56 Å². The van der Waals surface area contributed by atoms with Crippen molar-refractivity contribution in [1.82, 2.24) is 9.38 Å². The molecule has 1 fully saturated rings. The monoisotopic (exact) mass is 529 g/mol. The topological polar surface area (TPSA) is 70.0 Å². The number of carbonyl (C=O) groups is 2. The summed E-state index contributed by atoms with van der Waals surface area (Å²) in [6.45, 7) is 5.76. The zero-order chi connectivity index (χ0) is 27.5. The molecule has 0 radical (unpaired) electrons. The molecule has 7 heteroatoms. The summed E-state index contributed by atoms with van der Waals surface area (Å²) in [5.74, 6) is -0.216. The highest BCUT2D eigenvalue weighted by Gasteiger charge is 2.25. The molecule has 0 aliphatic carbocycles. The van der Waals surface area contributed by atoms with Gasteiger partial charge in [0.25, 0.3) is 11.7 Å².